The van der Waals surface area contributed by atoms with E-state index in [4.69, 9.17) is 0 Å². The summed E-state index contributed by atoms with van der Waals surface area (Å²) >= 11 is 0. The Morgan fingerprint density at radius 3 is 2.10 bits per heavy atom. The zero-order valence-corrected chi connectivity index (χ0v) is 7.36. The molecule has 0 N–H and O–H groups in total. The quantitative estimate of drug-likeness (QED) is 0.556. The summed E-state index contributed by atoms with van der Waals surface area (Å²) in [6, 6.07) is 0. The van der Waals surface area contributed by atoms with Crippen LogP contribution in [0.15, 0.2) is 0 Å². The van der Waals surface area contributed by atoms with Crippen molar-refractivity contribution in [3.63, 3.8) is 0 Å². The SMILES string of the molecule is CCC(F)CC[C@H](C)CC. The van der Waals surface area contributed by atoms with Crippen LogP contribution in [0.3, 0.4) is 0 Å². The van der Waals surface area contributed by atoms with Crippen LogP contribution < -0.4 is 0 Å². The Hall–Kier alpha value is -0.0700. The van der Waals surface area contributed by atoms with Crippen molar-refractivity contribution in [3.05, 3.63) is 0 Å². The van der Waals surface area contributed by atoms with Crippen LogP contribution in [0.5, 0.6) is 0 Å². The Bertz CT molecular complexity index is 61.1. The van der Waals surface area contributed by atoms with Gasteiger partial charge in [0, 0.05) is 0 Å². The lowest BCUT2D eigenvalue weighted by Crippen LogP contribution is -2.01. The molecule has 0 saturated carbocycles. The fourth-order valence-corrected chi connectivity index (χ4v) is 0.874. The minimum absolute atomic E-state index is 0.561. The van der Waals surface area contributed by atoms with E-state index in [1.54, 1.807) is 0 Å². The van der Waals surface area contributed by atoms with Crippen molar-refractivity contribution in [1.29, 1.82) is 0 Å². The van der Waals surface area contributed by atoms with Gasteiger partial charge in [0.1, 0.15) is 0 Å². The van der Waals surface area contributed by atoms with E-state index in [0.29, 0.717) is 12.3 Å². The van der Waals surface area contributed by atoms with Gasteiger partial charge in [0.25, 0.3) is 0 Å². The molecule has 0 aliphatic heterocycles. The van der Waals surface area contributed by atoms with Gasteiger partial charge in [-0.05, 0) is 25.2 Å². The van der Waals surface area contributed by atoms with Crippen LogP contribution in [0.25, 0.3) is 0 Å². The van der Waals surface area contributed by atoms with Crippen molar-refractivity contribution in [1.82, 2.24) is 0 Å². The molecule has 0 bridgehead atoms. The largest absolute Gasteiger partial charge is 0.248 e. The Kier molecular flexibility index (Phi) is 5.66. The van der Waals surface area contributed by atoms with Crippen LogP contribution >= 0.6 is 0 Å². The summed E-state index contributed by atoms with van der Waals surface area (Å²) in [4.78, 5) is 0. The van der Waals surface area contributed by atoms with Gasteiger partial charge in [-0.1, -0.05) is 27.2 Å². The summed E-state index contributed by atoms with van der Waals surface area (Å²) < 4.78 is 12.6. The molecule has 0 saturated heterocycles. The lowest BCUT2D eigenvalue weighted by molar-refractivity contribution is 0.282. The van der Waals surface area contributed by atoms with Gasteiger partial charge in [-0.3, -0.25) is 0 Å². The predicted molar refractivity (Wildman–Crippen MR) is 43.9 cm³/mol. The van der Waals surface area contributed by atoms with E-state index < -0.39 is 6.17 Å². The van der Waals surface area contributed by atoms with Crippen LogP contribution in [0.1, 0.15) is 46.5 Å². The van der Waals surface area contributed by atoms with E-state index in [9.17, 15) is 4.39 Å². The zero-order valence-electron chi connectivity index (χ0n) is 7.36. The molecule has 0 amide bonds. The fraction of sp³-hybridized carbons (Fsp3) is 1.00. The van der Waals surface area contributed by atoms with E-state index in [1.165, 1.54) is 6.42 Å². The lowest BCUT2D eigenvalue weighted by atomic mass is 10.0. The van der Waals surface area contributed by atoms with Gasteiger partial charge in [0.05, 0.1) is 6.17 Å². The monoisotopic (exact) mass is 146 g/mol. The van der Waals surface area contributed by atoms with Crippen LogP contribution in [0.4, 0.5) is 4.39 Å². The number of hydrogen-bond donors (Lipinski definition) is 0. The summed E-state index contributed by atoms with van der Waals surface area (Å²) in [5.41, 5.74) is 0. The van der Waals surface area contributed by atoms with E-state index >= 15 is 0 Å². The second kappa shape index (κ2) is 5.70. The molecule has 0 aliphatic rings. The van der Waals surface area contributed by atoms with Crippen LogP contribution in [0, 0.1) is 5.92 Å². The first-order valence-electron chi connectivity index (χ1n) is 4.34. The third-order valence-electron chi connectivity index (χ3n) is 2.11. The third kappa shape index (κ3) is 4.78. The molecule has 2 atom stereocenters. The maximum absolute atomic E-state index is 12.6. The maximum Gasteiger partial charge on any atom is 0.0999 e. The molecule has 0 heterocycles. The molecule has 10 heavy (non-hydrogen) atoms. The topological polar surface area (TPSA) is 0 Å². The highest BCUT2D eigenvalue weighted by Crippen LogP contribution is 2.14. The van der Waals surface area contributed by atoms with Crippen molar-refractivity contribution >= 4 is 0 Å². The number of rotatable bonds is 5. The molecule has 0 aromatic heterocycles. The van der Waals surface area contributed by atoms with Gasteiger partial charge < -0.3 is 0 Å². The first-order valence-corrected chi connectivity index (χ1v) is 4.34. The standard InChI is InChI=1S/C9H19F/c1-4-8(3)6-7-9(10)5-2/h8-9H,4-7H2,1-3H3/t8-,9?/m1/s1. The first kappa shape index (κ1) is 9.93. The average Bonchev–Trinajstić information content (AvgIpc) is 1.99. The fourth-order valence-electron chi connectivity index (χ4n) is 0.874. The predicted octanol–water partition coefficient (Wildman–Crippen LogP) is 3.56. The molecular formula is C9H19F. The van der Waals surface area contributed by atoms with Gasteiger partial charge in [-0.15, -0.1) is 0 Å². The van der Waals surface area contributed by atoms with Crippen molar-refractivity contribution < 1.29 is 4.39 Å². The van der Waals surface area contributed by atoms with Crippen molar-refractivity contribution in [3.8, 4) is 0 Å². The van der Waals surface area contributed by atoms with Gasteiger partial charge in [-0.2, -0.15) is 0 Å². The molecule has 1 heteroatoms. The summed E-state index contributed by atoms with van der Waals surface area (Å²) in [7, 11) is 0. The lowest BCUT2D eigenvalue weighted by Gasteiger charge is -2.09. The van der Waals surface area contributed by atoms with Crippen LogP contribution in [-0.2, 0) is 0 Å². The molecule has 0 rings (SSSR count). The second-order valence-electron chi connectivity index (χ2n) is 3.10. The Morgan fingerprint density at radius 2 is 1.70 bits per heavy atom. The highest BCUT2D eigenvalue weighted by molar-refractivity contribution is 4.56. The Labute approximate surface area is 63.8 Å². The zero-order chi connectivity index (χ0) is 7.98. The second-order valence-corrected chi connectivity index (χ2v) is 3.10. The van der Waals surface area contributed by atoms with Crippen molar-refractivity contribution in [2.45, 2.75) is 52.6 Å². The maximum atomic E-state index is 12.6. The van der Waals surface area contributed by atoms with Gasteiger partial charge >= 0.3 is 0 Å². The number of halogens is 1. The summed E-state index contributed by atoms with van der Waals surface area (Å²) in [5.74, 6) is 0.699. The molecule has 0 aliphatic carbocycles. The first-order chi connectivity index (χ1) is 4.70. The van der Waals surface area contributed by atoms with Crippen molar-refractivity contribution in [2.75, 3.05) is 0 Å². The van der Waals surface area contributed by atoms with Crippen LogP contribution in [0.2, 0.25) is 0 Å². The van der Waals surface area contributed by atoms with E-state index in [2.05, 4.69) is 13.8 Å². The van der Waals surface area contributed by atoms with Gasteiger partial charge in [0.15, 0.2) is 0 Å². The highest BCUT2D eigenvalue weighted by Gasteiger charge is 2.05. The van der Waals surface area contributed by atoms with E-state index in [-0.39, 0.29) is 0 Å². The molecular weight excluding hydrogens is 127 g/mol. The third-order valence-corrected chi connectivity index (χ3v) is 2.11. The number of hydrogen-bond acceptors (Lipinski definition) is 0. The average molecular weight is 146 g/mol. The van der Waals surface area contributed by atoms with E-state index in [0.717, 1.165) is 12.8 Å². The van der Waals surface area contributed by atoms with Crippen LogP contribution in [-0.4, -0.2) is 6.17 Å². The minimum atomic E-state index is -0.561. The van der Waals surface area contributed by atoms with Gasteiger partial charge in [0.2, 0.25) is 0 Å². The normalized spacial score (nSPS) is 16.8. The molecule has 62 valence electrons. The molecule has 1 unspecified atom stereocenters. The highest BCUT2D eigenvalue weighted by atomic mass is 19.1. The number of alkyl halides is 1. The molecule has 0 aromatic rings. The molecule has 0 aromatic carbocycles. The Morgan fingerprint density at radius 1 is 1.10 bits per heavy atom. The summed E-state index contributed by atoms with van der Waals surface area (Å²) in [6.45, 7) is 6.24. The smallest absolute Gasteiger partial charge is 0.0999 e. The van der Waals surface area contributed by atoms with Gasteiger partial charge in [-0.25, -0.2) is 4.39 Å². The summed E-state index contributed by atoms with van der Waals surface area (Å²) in [6.07, 6.45) is 3.10. The molecule has 0 radical (unpaired) electrons. The van der Waals surface area contributed by atoms with E-state index in [1.807, 2.05) is 6.92 Å². The molecule has 0 nitrogen and oxygen atoms in total. The Balaban J connectivity index is 3.17. The van der Waals surface area contributed by atoms with Crippen molar-refractivity contribution in [2.24, 2.45) is 5.92 Å². The minimum Gasteiger partial charge on any atom is -0.248 e. The molecule has 0 spiro atoms. The molecule has 0 fully saturated rings. The summed E-state index contributed by atoms with van der Waals surface area (Å²) in [5, 5.41) is 0.